The Morgan fingerprint density at radius 1 is 1.09 bits per heavy atom. The summed E-state index contributed by atoms with van der Waals surface area (Å²) in [5.74, 6) is 0.822. The van der Waals surface area contributed by atoms with Crippen molar-refractivity contribution in [1.29, 1.82) is 0 Å². The van der Waals surface area contributed by atoms with Gasteiger partial charge in [0, 0.05) is 0 Å². The largest absolute Gasteiger partial charge is 0.497 e. The maximum atomic E-state index is 10.4. The summed E-state index contributed by atoms with van der Waals surface area (Å²) >= 11 is 0. The van der Waals surface area contributed by atoms with Crippen LogP contribution in [-0.4, -0.2) is 18.3 Å². The van der Waals surface area contributed by atoms with Crippen LogP contribution < -0.4 is 4.74 Å². The first kappa shape index (κ1) is 14.7. The number of allylic oxidation sites excluding steroid dienone is 1. The minimum Gasteiger partial charge on any atom is -0.497 e. The summed E-state index contributed by atoms with van der Waals surface area (Å²) in [5, 5.41) is 10.4. The minimum absolute atomic E-state index is 0.315. The van der Waals surface area contributed by atoms with Gasteiger partial charge in [-0.15, -0.1) is 0 Å². The number of benzene rings is 2. The lowest BCUT2D eigenvalue weighted by Crippen LogP contribution is -2.18. The summed E-state index contributed by atoms with van der Waals surface area (Å²) in [4.78, 5) is 0. The van der Waals surface area contributed by atoms with Crippen LogP contribution in [0, 0.1) is 0 Å². The molecule has 0 aliphatic carbocycles. The van der Waals surface area contributed by atoms with Crippen LogP contribution in [0.3, 0.4) is 0 Å². The van der Waals surface area contributed by atoms with Gasteiger partial charge in [-0.1, -0.05) is 42.5 Å². The molecule has 1 heterocycles. The van der Waals surface area contributed by atoms with E-state index < -0.39 is 6.10 Å². The predicted molar refractivity (Wildman–Crippen MR) is 86.5 cm³/mol. The Labute approximate surface area is 130 Å². The third-order valence-corrected chi connectivity index (χ3v) is 3.98. The van der Waals surface area contributed by atoms with E-state index in [1.807, 2.05) is 54.6 Å². The number of hydrogen-bond donors (Lipinski definition) is 1. The molecule has 0 saturated carbocycles. The highest BCUT2D eigenvalue weighted by Crippen LogP contribution is 2.33. The molecule has 0 radical (unpaired) electrons. The van der Waals surface area contributed by atoms with Crippen molar-refractivity contribution < 1.29 is 14.6 Å². The summed E-state index contributed by atoms with van der Waals surface area (Å²) < 4.78 is 11.2. The third kappa shape index (κ3) is 3.15. The van der Waals surface area contributed by atoms with Crippen LogP contribution in [0.5, 0.6) is 5.75 Å². The lowest BCUT2D eigenvalue weighted by molar-refractivity contribution is 0.00939. The molecule has 1 aliphatic rings. The molecule has 2 unspecified atom stereocenters. The van der Waals surface area contributed by atoms with Crippen LogP contribution in [-0.2, 0) is 4.74 Å². The van der Waals surface area contributed by atoms with E-state index in [4.69, 9.17) is 9.47 Å². The fourth-order valence-electron chi connectivity index (χ4n) is 2.74. The van der Waals surface area contributed by atoms with Crippen molar-refractivity contribution in [2.24, 2.45) is 0 Å². The molecule has 0 amide bonds. The van der Waals surface area contributed by atoms with E-state index in [-0.39, 0.29) is 6.10 Å². The highest BCUT2D eigenvalue weighted by molar-refractivity contribution is 5.66. The van der Waals surface area contributed by atoms with Gasteiger partial charge in [-0.05, 0) is 41.7 Å². The van der Waals surface area contributed by atoms with Gasteiger partial charge >= 0.3 is 0 Å². The van der Waals surface area contributed by atoms with E-state index >= 15 is 0 Å². The molecule has 2 aromatic rings. The van der Waals surface area contributed by atoms with Crippen LogP contribution in [0.4, 0.5) is 0 Å². The van der Waals surface area contributed by atoms with Gasteiger partial charge in [0.15, 0.2) is 0 Å². The molecule has 0 aromatic heterocycles. The lowest BCUT2D eigenvalue weighted by atomic mass is 9.97. The molecule has 1 aliphatic heterocycles. The average molecular weight is 296 g/mol. The molecule has 22 heavy (non-hydrogen) atoms. The minimum atomic E-state index is -0.512. The van der Waals surface area contributed by atoms with E-state index in [0.29, 0.717) is 6.42 Å². The van der Waals surface area contributed by atoms with Crippen molar-refractivity contribution in [2.45, 2.75) is 25.0 Å². The molecule has 3 nitrogen and oxygen atoms in total. The summed E-state index contributed by atoms with van der Waals surface area (Å²) in [5.41, 5.74) is 3.15. The summed E-state index contributed by atoms with van der Waals surface area (Å²) in [6.45, 7) is 0. The number of methoxy groups -OCH3 is 1. The zero-order chi connectivity index (χ0) is 15.4. The molecule has 0 spiro atoms. The van der Waals surface area contributed by atoms with Gasteiger partial charge < -0.3 is 14.6 Å². The maximum Gasteiger partial charge on any atom is 0.149 e. The molecular formula is C19H20O3. The van der Waals surface area contributed by atoms with Gasteiger partial charge in [-0.2, -0.15) is 0 Å². The first-order chi connectivity index (χ1) is 10.8. The maximum absolute atomic E-state index is 10.4. The van der Waals surface area contributed by atoms with Gasteiger partial charge in [-0.25, -0.2) is 0 Å². The van der Waals surface area contributed by atoms with Gasteiger partial charge in [0.05, 0.1) is 19.5 Å². The SMILES string of the molecule is COc1cccc(C2=COC(c3ccccc3)C(O)CC2)c1. The molecule has 3 heteroatoms. The smallest absolute Gasteiger partial charge is 0.149 e. The topological polar surface area (TPSA) is 38.7 Å². The summed E-state index contributed by atoms with van der Waals surface area (Å²) in [6.07, 6.45) is 2.40. The Hall–Kier alpha value is -2.26. The fraction of sp³-hybridized carbons (Fsp3) is 0.263. The Morgan fingerprint density at radius 3 is 2.68 bits per heavy atom. The van der Waals surface area contributed by atoms with E-state index in [2.05, 4.69) is 0 Å². The highest BCUT2D eigenvalue weighted by atomic mass is 16.5. The molecule has 1 N–H and O–H groups in total. The molecule has 0 saturated heterocycles. The standard InChI is InChI=1S/C19H20O3/c1-21-17-9-5-8-15(12-17)16-10-11-18(20)19(22-13-16)14-6-3-2-4-7-14/h2-9,12-13,18-20H,10-11H2,1H3. The Kier molecular flexibility index (Phi) is 4.45. The third-order valence-electron chi connectivity index (χ3n) is 3.98. The van der Waals surface area contributed by atoms with Crippen molar-refractivity contribution >= 4 is 5.57 Å². The van der Waals surface area contributed by atoms with Crippen molar-refractivity contribution in [2.75, 3.05) is 7.11 Å². The van der Waals surface area contributed by atoms with Crippen LogP contribution in [0.25, 0.3) is 5.57 Å². The summed E-state index contributed by atoms with van der Waals surface area (Å²) in [6, 6.07) is 17.8. The first-order valence-corrected chi connectivity index (χ1v) is 7.50. The van der Waals surface area contributed by atoms with Crippen LogP contribution in [0.1, 0.15) is 30.1 Å². The van der Waals surface area contributed by atoms with Crippen LogP contribution >= 0.6 is 0 Å². The predicted octanol–water partition coefficient (Wildman–Crippen LogP) is 3.95. The van der Waals surface area contributed by atoms with Crippen LogP contribution in [0.15, 0.2) is 60.9 Å². The van der Waals surface area contributed by atoms with Gasteiger partial charge in [-0.3, -0.25) is 0 Å². The zero-order valence-electron chi connectivity index (χ0n) is 12.6. The van der Waals surface area contributed by atoms with Gasteiger partial charge in [0.25, 0.3) is 0 Å². The van der Waals surface area contributed by atoms with Crippen molar-refractivity contribution in [3.8, 4) is 5.75 Å². The van der Waals surface area contributed by atoms with Crippen molar-refractivity contribution in [1.82, 2.24) is 0 Å². The molecule has 114 valence electrons. The second-order valence-corrected chi connectivity index (χ2v) is 5.45. The van der Waals surface area contributed by atoms with E-state index in [1.54, 1.807) is 13.4 Å². The zero-order valence-corrected chi connectivity index (χ0v) is 12.6. The monoisotopic (exact) mass is 296 g/mol. The van der Waals surface area contributed by atoms with Gasteiger partial charge in [0.2, 0.25) is 0 Å². The van der Waals surface area contributed by atoms with E-state index in [9.17, 15) is 5.11 Å². The molecular weight excluding hydrogens is 276 g/mol. The molecule has 2 atom stereocenters. The number of aliphatic hydroxyl groups is 1. The van der Waals surface area contributed by atoms with Gasteiger partial charge in [0.1, 0.15) is 11.9 Å². The average Bonchev–Trinajstić information content (AvgIpc) is 2.77. The number of ether oxygens (including phenoxy) is 2. The molecule has 0 bridgehead atoms. The summed E-state index contributed by atoms with van der Waals surface area (Å²) in [7, 11) is 1.66. The lowest BCUT2D eigenvalue weighted by Gasteiger charge is -2.20. The Balaban J connectivity index is 1.85. The fourth-order valence-corrected chi connectivity index (χ4v) is 2.74. The van der Waals surface area contributed by atoms with E-state index in [1.165, 1.54) is 0 Å². The van der Waals surface area contributed by atoms with E-state index in [0.717, 1.165) is 28.9 Å². The number of aliphatic hydroxyl groups excluding tert-OH is 1. The second-order valence-electron chi connectivity index (χ2n) is 5.45. The second kappa shape index (κ2) is 6.67. The molecule has 0 fully saturated rings. The van der Waals surface area contributed by atoms with Crippen molar-refractivity contribution in [3.63, 3.8) is 0 Å². The number of hydrogen-bond acceptors (Lipinski definition) is 3. The molecule has 3 rings (SSSR count). The normalized spacial score (nSPS) is 21.5. The molecule has 2 aromatic carbocycles. The quantitative estimate of drug-likeness (QED) is 0.932. The van der Waals surface area contributed by atoms with Crippen molar-refractivity contribution in [3.05, 3.63) is 72.0 Å². The van der Waals surface area contributed by atoms with Crippen LogP contribution in [0.2, 0.25) is 0 Å². The Bertz CT molecular complexity index is 649. The highest BCUT2D eigenvalue weighted by Gasteiger charge is 2.25. The Morgan fingerprint density at radius 2 is 1.91 bits per heavy atom. The number of rotatable bonds is 3. The first-order valence-electron chi connectivity index (χ1n) is 7.50.